The number of aromatic nitrogens is 2. The van der Waals surface area contributed by atoms with E-state index in [9.17, 15) is 24.6 Å². The zero-order chi connectivity index (χ0) is 33.5. The molecule has 12 heteroatoms. The molecule has 0 saturated heterocycles. The predicted octanol–water partition coefficient (Wildman–Crippen LogP) is 4.56. The number of esters is 1. The van der Waals surface area contributed by atoms with Crippen molar-refractivity contribution in [1.29, 1.82) is 0 Å². The number of ether oxygens (including phenoxy) is 4. The molecule has 2 aliphatic heterocycles. The molecule has 1 atom stereocenters. The zero-order valence-electron chi connectivity index (χ0n) is 26.6. The number of hydrogen-bond acceptors (Lipinski definition) is 10. The number of carbonyl (C=O) groups is 2. The van der Waals surface area contributed by atoms with E-state index in [1.165, 1.54) is 19.2 Å². The number of carbonyl (C=O) groups excluding carboxylic acids is 1. The van der Waals surface area contributed by atoms with Crippen molar-refractivity contribution in [3.63, 3.8) is 0 Å². The standard InChI is InChI=1S/C35H37N3O9/c1-4-20-21-13-19(45-11-7-6-8-12-46-30-16-26(36)22(33(40)41)14-29(30)44-3)9-10-27(21)37-31-23(20)17-38-28(31)15-25-24(32(38)39)18-47-34(42)35(25,43)5-2/h9-10,13-16,43H,4-8,11-12,17-18,36H2,1-3H3,(H,40,41)/t35-/m0/s1. The highest BCUT2D eigenvalue weighted by atomic mass is 16.6. The van der Waals surface area contributed by atoms with Gasteiger partial charge in [-0.1, -0.05) is 13.8 Å². The molecule has 0 spiro atoms. The second kappa shape index (κ2) is 12.6. The molecule has 0 bridgehead atoms. The number of carboxylic acid groups (broad SMARTS) is 1. The van der Waals surface area contributed by atoms with Crippen molar-refractivity contribution < 1.29 is 38.7 Å². The number of fused-ring (bicyclic) bond motifs is 5. The van der Waals surface area contributed by atoms with Crippen LogP contribution >= 0.6 is 0 Å². The van der Waals surface area contributed by atoms with Gasteiger partial charge in [0.05, 0.1) is 60.6 Å². The van der Waals surface area contributed by atoms with Gasteiger partial charge in [0.1, 0.15) is 12.4 Å². The molecule has 6 rings (SSSR count). The Morgan fingerprint density at radius 2 is 1.81 bits per heavy atom. The summed E-state index contributed by atoms with van der Waals surface area (Å²) in [4.78, 5) is 42.3. The number of nitrogen functional groups attached to an aromatic ring is 1. The van der Waals surface area contributed by atoms with Crippen LogP contribution in [0.15, 0.2) is 41.2 Å². The molecule has 0 aliphatic carbocycles. The topological polar surface area (TPSA) is 172 Å². The first kappa shape index (κ1) is 31.9. The molecule has 0 radical (unpaired) electrons. The van der Waals surface area contributed by atoms with E-state index in [1.54, 1.807) is 17.6 Å². The number of aliphatic hydroxyl groups is 1. The number of rotatable bonds is 12. The minimum absolute atomic E-state index is 0.0369. The smallest absolute Gasteiger partial charge is 0.343 e. The Morgan fingerprint density at radius 3 is 2.51 bits per heavy atom. The van der Waals surface area contributed by atoms with Crippen molar-refractivity contribution in [2.45, 2.75) is 64.7 Å². The Kier molecular flexibility index (Phi) is 8.54. The number of nitrogens with two attached hydrogens (primary N) is 1. The second-order valence-corrected chi connectivity index (χ2v) is 11.7. The first-order valence-electron chi connectivity index (χ1n) is 15.7. The van der Waals surface area contributed by atoms with E-state index < -0.39 is 17.5 Å². The number of hydrogen-bond donors (Lipinski definition) is 3. The summed E-state index contributed by atoms with van der Waals surface area (Å²) >= 11 is 0. The third-order valence-electron chi connectivity index (χ3n) is 9.01. The summed E-state index contributed by atoms with van der Waals surface area (Å²) < 4.78 is 24.0. The maximum atomic E-state index is 13.6. The van der Waals surface area contributed by atoms with Gasteiger partial charge in [-0.05, 0) is 61.9 Å². The summed E-state index contributed by atoms with van der Waals surface area (Å²) in [6, 6.07) is 10.3. The Labute approximate surface area is 270 Å². The van der Waals surface area contributed by atoms with E-state index >= 15 is 0 Å². The van der Waals surface area contributed by atoms with Gasteiger partial charge >= 0.3 is 11.9 Å². The van der Waals surface area contributed by atoms with E-state index in [0.29, 0.717) is 60.2 Å². The maximum absolute atomic E-state index is 13.6. The Bertz CT molecular complexity index is 1970. The van der Waals surface area contributed by atoms with Crippen molar-refractivity contribution in [3.8, 4) is 28.6 Å². The number of cyclic esters (lactones) is 1. The van der Waals surface area contributed by atoms with E-state index in [0.717, 1.165) is 47.0 Å². The van der Waals surface area contributed by atoms with Gasteiger partial charge in [-0.3, -0.25) is 4.79 Å². The molecule has 4 N–H and O–H groups in total. The third kappa shape index (κ3) is 5.52. The Morgan fingerprint density at radius 1 is 1.04 bits per heavy atom. The average Bonchev–Trinajstić information content (AvgIpc) is 3.43. The van der Waals surface area contributed by atoms with Crippen LogP contribution in [-0.4, -0.2) is 52.0 Å². The summed E-state index contributed by atoms with van der Waals surface area (Å²) in [5.41, 5.74) is 8.41. The third-order valence-corrected chi connectivity index (χ3v) is 9.01. The van der Waals surface area contributed by atoms with Crippen molar-refractivity contribution in [2.75, 3.05) is 26.1 Å². The van der Waals surface area contributed by atoms with Crippen molar-refractivity contribution in [3.05, 3.63) is 74.6 Å². The van der Waals surface area contributed by atoms with Crippen LogP contribution in [0.25, 0.3) is 22.3 Å². The van der Waals surface area contributed by atoms with Gasteiger partial charge in [0.25, 0.3) is 5.56 Å². The number of aromatic carboxylic acids is 1. The minimum atomic E-state index is -1.87. The lowest BCUT2D eigenvalue weighted by atomic mass is 9.86. The number of carboxylic acids is 1. The molecule has 2 aromatic heterocycles. The zero-order valence-corrected chi connectivity index (χ0v) is 26.6. The Hall–Kier alpha value is -5.10. The summed E-state index contributed by atoms with van der Waals surface area (Å²) in [5, 5.41) is 21.4. The normalized spacial score (nSPS) is 16.3. The highest BCUT2D eigenvalue weighted by molar-refractivity contribution is 5.95. The molecule has 0 saturated carbocycles. The average molecular weight is 644 g/mol. The lowest BCUT2D eigenvalue weighted by Gasteiger charge is -2.31. The van der Waals surface area contributed by atoms with Gasteiger partial charge in [0.15, 0.2) is 17.1 Å². The number of unbranched alkanes of at least 4 members (excludes halogenated alkanes) is 2. The molecule has 0 amide bonds. The van der Waals surface area contributed by atoms with E-state index in [2.05, 4.69) is 6.92 Å². The number of pyridine rings is 2. The summed E-state index contributed by atoms with van der Waals surface area (Å²) in [6.07, 6.45) is 3.19. The summed E-state index contributed by atoms with van der Waals surface area (Å²) in [5.74, 6) is -0.447. The quantitative estimate of drug-likeness (QED) is 0.0988. The van der Waals surface area contributed by atoms with E-state index in [-0.39, 0.29) is 29.8 Å². The first-order chi connectivity index (χ1) is 22.6. The molecule has 0 fully saturated rings. The van der Waals surface area contributed by atoms with Crippen LogP contribution in [0.5, 0.6) is 17.2 Å². The highest BCUT2D eigenvalue weighted by Gasteiger charge is 2.45. The van der Waals surface area contributed by atoms with E-state index in [1.807, 2.05) is 18.2 Å². The lowest BCUT2D eigenvalue weighted by Crippen LogP contribution is -2.44. The van der Waals surface area contributed by atoms with Gasteiger partial charge in [-0.15, -0.1) is 0 Å². The fourth-order valence-electron chi connectivity index (χ4n) is 6.42. The predicted molar refractivity (Wildman–Crippen MR) is 173 cm³/mol. The number of nitrogens with zero attached hydrogens (tertiary/aromatic N) is 2. The van der Waals surface area contributed by atoms with Crippen molar-refractivity contribution in [2.24, 2.45) is 0 Å². The van der Waals surface area contributed by atoms with Crippen LogP contribution in [0.1, 0.15) is 72.1 Å². The molecular weight excluding hydrogens is 606 g/mol. The number of aryl methyl sites for hydroxylation is 1. The van der Waals surface area contributed by atoms with E-state index in [4.69, 9.17) is 29.7 Å². The number of benzene rings is 2. The van der Waals surface area contributed by atoms with Crippen LogP contribution in [0.2, 0.25) is 0 Å². The molecule has 246 valence electrons. The fraction of sp³-hybridized carbons (Fsp3) is 0.371. The largest absolute Gasteiger partial charge is 0.494 e. The SMILES string of the molecule is CCc1c2c(nc3ccc(OCCCCCOc4cc(N)c(C(=O)O)cc4OC)cc13)-c1cc3c(c(=O)n1C2)COC(=O)[C@]3(O)CC. The van der Waals surface area contributed by atoms with Crippen LogP contribution < -0.4 is 25.5 Å². The second-order valence-electron chi connectivity index (χ2n) is 11.7. The molecular formula is C35H37N3O9. The highest BCUT2D eigenvalue weighted by Crippen LogP contribution is 2.41. The number of anilines is 1. The summed E-state index contributed by atoms with van der Waals surface area (Å²) in [6.45, 7) is 4.84. The van der Waals surface area contributed by atoms with Gasteiger partial charge in [0.2, 0.25) is 0 Å². The van der Waals surface area contributed by atoms with Crippen molar-refractivity contribution >= 4 is 28.5 Å². The van der Waals surface area contributed by atoms with Crippen LogP contribution in [0.4, 0.5) is 5.69 Å². The number of methoxy groups -OCH3 is 1. The molecule has 47 heavy (non-hydrogen) atoms. The lowest BCUT2D eigenvalue weighted by molar-refractivity contribution is -0.172. The van der Waals surface area contributed by atoms with Gasteiger partial charge in [0, 0.05) is 28.6 Å². The molecule has 0 unspecified atom stereocenters. The van der Waals surface area contributed by atoms with Gasteiger partial charge in [-0.25, -0.2) is 14.6 Å². The molecule has 2 aliphatic rings. The van der Waals surface area contributed by atoms with Crippen LogP contribution in [-0.2, 0) is 34.7 Å². The Balaban J connectivity index is 1.13. The maximum Gasteiger partial charge on any atom is 0.343 e. The van der Waals surface area contributed by atoms with Crippen LogP contribution in [0.3, 0.4) is 0 Å². The molecule has 12 nitrogen and oxygen atoms in total. The fourth-order valence-corrected chi connectivity index (χ4v) is 6.42. The molecule has 2 aromatic carbocycles. The summed E-state index contributed by atoms with van der Waals surface area (Å²) in [7, 11) is 1.44. The molecule has 4 heterocycles. The minimum Gasteiger partial charge on any atom is -0.494 e. The van der Waals surface area contributed by atoms with Crippen molar-refractivity contribution in [1.82, 2.24) is 9.55 Å². The van der Waals surface area contributed by atoms with Gasteiger partial charge in [-0.2, -0.15) is 0 Å². The first-order valence-corrected chi connectivity index (χ1v) is 15.7. The van der Waals surface area contributed by atoms with Crippen LogP contribution in [0, 0.1) is 0 Å². The molecule has 4 aromatic rings. The monoisotopic (exact) mass is 643 g/mol. The van der Waals surface area contributed by atoms with Gasteiger partial charge < -0.3 is 39.5 Å².